The minimum atomic E-state index is 0.170. The van der Waals surface area contributed by atoms with Crippen molar-refractivity contribution in [2.75, 3.05) is 13.2 Å². The van der Waals surface area contributed by atoms with Gasteiger partial charge in [0.1, 0.15) is 0 Å². The molecular weight excluding hydrogens is 194 g/mol. The third-order valence-corrected chi connectivity index (χ3v) is 3.00. The van der Waals surface area contributed by atoms with Crippen molar-refractivity contribution in [3.8, 4) is 0 Å². The molecule has 0 saturated heterocycles. The van der Waals surface area contributed by atoms with Gasteiger partial charge in [0, 0.05) is 17.5 Å². The van der Waals surface area contributed by atoms with Crippen LogP contribution in [0.5, 0.6) is 0 Å². The van der Waals surface area contributed by atoms with E-state index in [9.17, 15) is 0 Å². The van der Waals surface area contributed by atoms with E-state index >= 15 is 0 Å². The Bertz CT molecular complexity index is 239. The third kappa shape index (κ3) is 2.75. The molecule has 0 amide bonds. The fourth-order valence-corrected chi connectivity index (χ4v) is 2.03. The molecule has 0 aliphatic heterocycles. The summed E-state index contributed by atoms with van der Waals surface area (Å²) >= 11 is 7.35. The number of nitrogens with one attached hydrogen (secondary N) is 1. The highest BCUT2D eigenvalue weighted by molar-refractivity contribution is 7.16. The van der Waals surface area contributed by atoms with Crippen LogP contribution < -0.4 is 5.32 Å². The predicted molar refractivity (Wildman–Crippen MR) is 52.8 cm³/mol. The number of rotatable bonds is 4. The molecule has 0 saturated carbocycles. The molecule has 12 heavy (non-hydrogen) atoms. The van der Waals surface area contributed by atoms with Crippen molar-refractivity contribution in [1.29, 1.82) is 0 Å². The molecule has 2 N–H and O–H groups in total. The quantitative estimate of drug-likeness (QED) is 0.789. The molecule has 0 aromatic carbocycles. The molecule has 0 radical (unpaired) electrons. The Morgan fingerprint density at radius 3 is 2.92 bits per heavy atom. The Hall–Kier alpha value is -0.0900. The summed E-state index contributed by atoms with van der Waals surface area (Å²) in [5, 5.41) is 11.7. The van der Waals surface area contributed by atoms with Gasteiger partial charge in [-0.2, -0.15) is 0 Å². The second-order valence-electron chi connectivity index (χ2n) is 2.54. The summed E-state index contributed by atoms with van der Waals surface area (Å²) in [6.07, 6.45) is 0. The molecule has 1 heterocycles. The van der Waals surface area contributed by atoms with Crippen molar-refractivity contribution in [2.24, 2.45) is 0 Å². The van der Waals surface area contributed by atoms with E-state index in [1.54, 1.807) is 11.3 Å². The van der Waals surface area contributed by atoms with Crippen molar-refractivity contribution >= 4 is 22.9 Å². The smallest absolute Gasteiger partial charge is 0.0931 e. The summed E-state index contributed by atoms with van der Waals surface area (Å²) in [6, 6.07) is 4.16. The van der Waals surface area contributed by atoms with E-state index in [0.29, 0.717) is 6.54 Å². The van der Waals surface area contributed by atoms with Gasteiger partial charge in [-0.05, 0) is 19.1 Å². The zero-order chi connectivity index (χ0) is 8.97. The first-order valence-corrected chi connectivity index (χ1v) is 5.03. The van der Waals surface area contributed by atoms with Crippen molar-refractivity contribution in [3.63, 3.8) is 0 Å². The van der Waals surface area contributed by atoms with E-state index in [1.165, 1.54) is 4.88 Å². The van der Waals surface area contributed by atoms with Gasteiger partial charge in [-0.15, -0.1) is 11.3 Å². The average Bonchev–Trinajstić information content (AvgIpc) is 2.47. The van der Waals surface area contributed by atoms with E-state index in [-0.39, 0.29) is 12.6 Å². The van der Waals surface area contributed by atoms with Crippen LogP contribution in [0.3, 0.4) is 0 Å². The lowest BCUT2D eigenvalue weighted by Gasteiger charge is -2.09. The Kier molecular flexibility index (Phi) is 4.01. The van der Waals surface area contributed by atoms with Crippen LogP contribution in [0.15, 0.2) is 12.1 Å². The number of thiophene rings is 1. The number of hydrogen-bond acceptors (Lipinski definition) is 3. The fraction of sp³-hybridized carbons (Fsp3) is 0.500. The maximum Gasteiger partial charge on any atom is 0.0931 e. The third-order valence-electron chi connectivity index (χ3n) is 1.58. The first-order chi connectivity index (χ1) is 5.74. The second-order valence-corrected chi connectivity index (χ2v) is 4.29. The van der Waals surface area contributed by atoms with Crippen LogP contribution in [0.2, 0.25) is 4.34 Å². The van der Waals surface area contributed by atoms with Crippen LogP contribution >= 0.6 is 22.9 Å². The predicted octanol–water partition coefficient (Wildman–Crippen LogP) is 2.04. The number of halogens is 1. The van der Waals surface area contributed by atoms with E-state index in [0.717, 1.165) is 4.34 Å². The van der Waals surface area contributed by atoms with Gasteiger partial charge >= 0.3 is 0 Å². The van der Waals surface area contributed by atoms with Crippen molar-refractivity contribution < 1.29 is 5.11 Å². The Morgan fingerprint density at radius 2 is 2.42 bits per heavy atom. The summed E-state index contributed by atoms with van der Waals surface area (Å²) < 4.78 is 0.808. The van der Waals surface area contributed by atoms with Gasteiger partial charge in [0.15, 0.2) is 0 Å². The summed E-state index contributed by atoms with van der Waals surface area (Å²) in [7, 11) is 0. The summed E-state index contributed by atoms with van der Waals surface area (Å²) in [5.74, 6) is 0. The standard InChI is InChI=1S/C8H12ClNOS/c1-6(10-4-5-11)7-2-3-8(9)12-7/h2-3,6,10-11H,4-5H2,1H3. The van der Waals surface area contributed by atoms with Crippen LogP contribution in [0.25, 0.3) is 0 Å². The highest BCUT2D eigenvalue weighted by Gasteiger charge is 2.05. The summed E-state index contributed by atoms with van der Waals surface area (Å²) in [5.41, 5.74) is 0. The average molecular weight is 206 g/mol. The highest BCUT2D eigenvalue weighted by Crippen LogP contribution is 2.26. The van der Waals surface area contributed by atoms with Crippen LogP contribution in [-0.2, 0) is 0 Å². The van der Waals surface area contributed by atoms with E-state index < -0.39 is 0 Å². The van der Waals surface area contributed by atoms with Gasteiger partial charge in [-0.3, -0.25) is 0 Å². The lowest BCUT2D eigenvalue weighted by molar-refractivity contribution is 0.286. The van der Waals surface area contributed by atoms with E-state index in [4.69, 9.17) is 16.7 Å². The van der Waals surface area contributed by atoms with E-state index in [1.807, 2.05) is 12.1 Å². The Balaban J connectivity index is 2.47. The van der Waals surface area contributed by atoms with Gasteiger partial charge in [-0.1, -0.05) is 11.6 Å². The van der Waals surface area contributed by atoms with Gasteiger partial charge in [0.2, 0.25) is 0 Å². The molecule has 1 atom stereocenters. The topological polar surface area (TPSA) is 32.3 Å². The zero-order valence-electron chi connectivity index (χ0n) is 6.88. The SMILES string of the molecule is CC(NCCO)c1ccc(Cl)s1. The fourth-order valence-electron chi connectivity index (χ4n) is 0.943. The van der Waals surface area contributed by atoms with Gasteiger partial charge < -0.3 is 10.4 Å². The molecule has 4 heteroatoms. The molecular formula is C8H12ClNOS. The van der Waals surface area contributed by atoms with Gasteiger partial charge in [0.25, 0.3) is 0 Å². The van der Waals surface area contributed by atoms with Crippen LogP contribution in [0.1, 0.15) is 17.8 Å². The molecule has 1 rings (SSSR count). The zero-order valence-corrected chi connectivity index (χ0v) is 8.45. The minimum Gasteiger partial charge on any atom is -0.395 e. The lowest BCUT2D eigenvalue weighted by atomic mass is 10.3. The maximum absolute atomic E-state index is 8.58. The van der Waals surface area contributed by atoms with Crippen molar-refractivity contribution in [2.45, 2.75) is 13.0 Å². The number of aliphatic hydroxyl groups excluding tert-OH is 1. The van der Waals surface area contributed by atoms with Gasteiger partial charge in [-0.25, -0.2) is 0 Å². The van der Waals surface area contributed by atoms with E-state index in [2.05, 4.69) is 12.2 Å². The molecule has 1 aromatic rings. The molecule has 1 aromatic heterocycles. The van der Waals surface area contributed by atoms with Crippen LogP contribution in [-0.4, -0.2) is 18.3 Å². The van der Waals surface area contributed by atoms with Crippen LogP contribution in [0.4, 0.5) is 0 Å². The molecule has 0 spiro atoms. The molecule has 0 bridgehead atoms. The Morgan fingerprint density at radius 1 is 1.67 bits per heavy atom. The van der Waals surface area contributed by atoms with Crippen LogP contribution in [0, 0.1) is 0 Å². The van der Waals surface area contributed by atoms with Gasteiger partial charge in [0.05, 0.1) is 10.9 Å². The molecule has 2 nitrogen and oxygen atoms in total. The molecule has 68 valence electrons. The second kappa shape index (κ2) is 4.82. The molecule has 0 fully saturated rings. The molecule has 1 unspecified atom stereocenters. The minimum absolute atomic E-state index is 0.170. The number of hydrogen-bond donors (Lipinski definition) is 2. The molecule has 0 aliphatic carbocycles. The highest BCUT2D eigenvalue weighted by atomic mass is 35.5. The first-order valence-electron chi connectivity index (χ1n) is 3.83. The molecule has 0 aliphatic rings. The maximum atomic E-state index is 8.58. The summed E-state index contributed by atoms with van der Waals surface area (Å²) in [4.78, 5) is 1.20. The van der Waals surface area contributed by atoms with Crippen molar-refractivity contribution in [1.82, 2.24) is 5.32 Å². The largest absolute Gasteiger partial charge is 0.395 e. The lowest BCUT2D eigenvalue weighted by Crippen LogP contribution is -2.21. The normalized spacial score (nSPS) is 13.2. The monoisotopic (exact) mass is 205 g/mol. The number of aliphatic hydroxyl groups is 1. The Labute approximate surface area is 81.2 Å². The van der Waals surface area contributed by atoms with Crippen molar-refractivity contribution in [3.05, 3.63) is 21.3 Å². The summed E-state index contributed by atoms with van der Waals surface area (Å²) in [6.45, 7) is 2.85. The first kappa shape index (κ1) is 9.99.